The van der Waals surface area contributed by atoms with Crippen molar-refractivity contribution in [3.63, 3.8) is 0 Å². The van der Waals surface area contributed by atoms with Crippen LogP contribution in [0.15, 0.2) is 91.0 Å². The van der Waals surface area contributed by atoms with E-state index in [0.717, 1.165) is 38.9 Å². The van der Waals surface area contributed by atoms with E-state index in [1.165, 1.54) is 158 Å². The molecule has 3 rings (SSSR count). The van der Waals surface area contributed by atoms with Crippen LogP contribution in [0.3, 0.4) is 0 Å². The van der Waals surface area contributed by atoms with Crippen LogP contribution in [0.1, 0.15) is 184 Å². The van der Waals surface area contributed by atoms with E-state index in [2.05, 4.69) is 95.9 Å². The Morgan fingerprint density at radius 3 is 0.823 bits per heavy atom. The van der Waals surface area contributed by atoms with Gasteiger partial charge in [0.05, 0.1) is 18.8 Å². The summed E-state index contributed by atoms with van der Waals surface area (Å²) < 4.78 is 24.3. The standard InChI is InChI=1S/C55H89NO6/c57-44-32-19-15-11-7-3-1-5-9-13-17-21-34-46-59-50-61-48-42-56(43-49-62-51-60-47-35-22-18-14-10-6-2-4-8-12-16-20-33-45-58)55(52-36-26-23-27-37-52,53-38-28-24-29-39-53)54-40-30-25-31-41-54/h23-31,36-41,57-58H,1-22,32-35,42-51H2. The van der Waals surface area contributed by atoms with Gasteiger partial charge in [-0.3, -0.25) is 4.90 Å². The molecule has 62 heavy (non-hydrogen) atoms. The monoisotopic (exact) mass is 860 g/mol. The minimum absolute atomic E-state index is 0.306. The Morgan fingerprint density at radius 2 is 0.548 bits per heavy atom. The van der Waals surface area contributed by atoms with Gasteiger partial charge in [-0.05, 0) is 42.4 Å². The molecule has 0 saturated heterocycles. The van der Waals surface area contributed by atoms with Crippen LogP contribution < -0.4 is 0 Å². The predicted octanol–water partition coefficient (Wildman–Crippen LogP) is 13.4. The van der Waals surface area contributed by atoms with Crippen LogP contribution in [0.2, 0.25) is 0 Å². The highest BCUT2D eigenvalue weighted by Crippen LogP contribution is 2.42. The molecule has 7 heteroatoms. The molecule has 0 aromatic heterocycles. The number of aliphatic hydroxyl groups is 2. The van der Waals surface area contributed by atoms with E-state index in [-0.39, 0.29) is 0 Å². The molecule has 2 N–H and O–H groups in total. The van der Waals surface area contributed by atoms with Gasteiger partial charge < -0.3 is 29.2 Å². The number of unbranched alkanes of at least 4 members (excludes halogenated alkanes) is 24. The van der Waals surface area contributed by atoms with Gasteiger partial charge in [0.2, 0.25) is 0 Å². The number of ether oxygens (including phenoxy) is 4. The van der Waals surface area contributed by atoms with Crippen molar-refractivity contribution in [1.82, 2.24) is 4.90 Å². The molecule has 7 nitrogen and oxygen atoms in total. The molecule has 0 atom stereocenters. The molecule has 3 aromatic carbocycles. The summed E-state index contributed by atoms with van der Waals surface area (Å²) in [7, 11) is 0. The molecule has 0 bridgehead atoms. The van der Waals surface area contributed by atoms with Gasteiger partial charge in [-0.25, -0.2) is 0 Å². The number of hydrogen-bond acceptors (Lipinski definition) is 7. The molecule has 0 aliphatic heterocycles. The minimum Gasteiger partial charge on any atom is -0.396 e. The average Bonchev–Trinajstić information content (AvgIpc) is 3.31. The van der Waals surface area contributed by atoms with Crippen LogP contribution >= 0.6 is 0 Å². The smallest absolute Gasteiger partial charge is 0.146 e. The third kappa shape index (κ3) is 23.9. The highest BCUT2D eigenvalue weighted by molar-refractivity contribution is 5.49. The van der Waals surface area contributed by atoms with Crippen LogP contribution in [0.4, 0.5) is 0 Å². The lowest BCUT2D eigenvalue weighted by Crippen LogP contribution is -2.50. The summed E-state index contributed by atoms with van der Waals surface area (Å²) in [5, 5.41) is 17.8. The van der Waals surface area contributed by atoms with Crippen LogP contribution in [-0.4, -0.2) is 81.4 Å². The quantitative estimate of drug-likeness (QED) is 0.0333. The second kappa shape index (κ2) is 38.8. The van der Waals surface area contributed by atoms with Gasteiger partial charge in [-0.1, -0.05) is 232 Å². The van der Waals surface area contributed by atoms with Crippen molar-refractivity contribution in [3.05, 3.63) is 108 Å². The molecule has 0 spiro atoms. The number of hydrogen-bond donors (Lipinski definition) is 2. The number of benzene rings is 3. The Labute approximate surface area is 379 Å². The van der Waals surface area contributed by atoms with Crippen molar-refractivity contribution in [1.29, 1.82) is 0 Å². The Morgan fingerprint density at radius 1 is 0.306 bits per heavy atom. The molecule has 3 aromatic rings. The van der Waals surface area contributed by atoms with Gasteiger partial charge in [-0.15, -0.1) is 0 Å². The van der Waals surface area contributed by atoms with Gasteiger partial charge >= 0.3 is 0 Å². The van der Waals surface area contributed by atoms with Gasteiger partial charge in [0.25, 0.3) is 0 Å². The molecule has 0 aliphatic rings. The Balaban J connectivity index is 1.40. The molecular weight excluding hydrogens is 771 g/mol. The first-order chi connectivity index (χ1) is 30.8. The molecule has 0 aliphatic carbocycles. The maximum Gasteiger partial charge on any atom is 0.146 e. The fourth-order valence-corrected chi connectivity index (χ4v) is 8.76. The first kappa shape index (κ1) is 53.7. The first-order valence-electron chi connectivity index (χ1n) is 25.3. The molecule has 0 amide bonds. The zero-order valence-electron chi connectivity index (χ0n) is 39.1. The second-order valence-corrected chi connectivity index (χ2v) is 17.3. The van der Waals surface area contributed by atoms with Gasteiger partial charge in [0.1, 0.15) is 13.6 Å². The summed E-state index contributed by atoms with van der Waals surface area (Å²) in [4.78, 5) is 2.52. The van der Waals surface area contributed by atoms with E-state index in [9.17, 15) is 0 Å². The Bertz CT molecular complexity index is 1220. The van der Waals surface area contributed by atoms with Crippen LogP contribution in [0, 0.1) is 0 Å². The highest BCUT2D eigenvalue weighted by Gasteiger charge is 2.41. The van der Waals surface area contributed by atoms with Crippen molar-refractivity contribution in [2.45, 2.75) is 172 Å². The molecule has 0 unspecified atom stereocenters. The van der Waals surface area contributed by atoms with Crippen LogP contribution in [-0.2, 0) is 24.5 Å². The van der Waals surface area contributed by atoms with Crippen molar-refractivity contribution >= 4 is 0 Å². The fourth-order valence-electron chi connectivity index (χ4n) is 8.76. The van der Waals surface area contributed by atoms with E-state index < -0.39 is 5.54 Å². The Hall–Kier alpha value is -2.62. The Kier molecular flexibility index (Phi) is 33.6. The molecule has 350 valence electrons. The van der Waals surface area contributed by atoms with Gasteiger partial charge in [0.15, 0.2) is 0 Å². The van der Waals surface area contributed by atoms with E-state index in [0.29, 0.717) is 53.1 Å². The summed E-state index contributed by atoms with van der Waals surface area (Å²) in [5.74, 6) is 0. The first-order valence-corrected chi connectivity index (χ1v) is 25.3. The van der Waals surface area contributed by atoms with Gasteiger partial charge in [-0.2, -0.15) is 0 Å². The summed E-state index contributed by atoms with van der Waals surface area (Å²) in [5.41, 5.74) is 3.07. The largest absolute Gasteiger partial charge is 0.396 e. The summed E-state index contributed by atoms with van der Waals surface area (Å²) in [6.45, 7) is 5.24. The molecule has 0 saturated carbocycles. The summed E-state index contributed by atoms with van der Waals surface area (Å²) >= 11 is 0. The van der Waals surface area contributed by atoms with E-state index >= 15 is 0 Å². The van der Waals surface area contributed by atoms with E-state index in [1.807, 2.05) is 0 Å². The van der Waals surface area contributed by atoms with Crippen molar-refractivity contribution in [3.8, 4) is 0 Å². The summed E-state index contributed by atoms with van der Waals surface area (Å²) in [6, 6.07) is 32.6. The average molecular weight is 860 g/mol. The lowest BCUT2D eigenvalue weighted by atomic mass is 9.75. The third-order valence-corrected chi connectivity index (χ3v) is 12.3. The van der Waals surface area contributed by atoms with Crippen LogP contribution in [0.5, 0.6) is 0 Å². The number of nitrogens with zero attached hydrogens (tertiary/aromatic N) is 1. The third-order valence-electron chi connectivity index (χ3n) is 12.3. The maximum absolute atomic E-state index is 8.90. The normalized spacial score (nSPS) is 11.9. The molecular formula is C55H89NO6. The fraction of sp³-hybridized carbons (Fsp3) is 0.673. The lowest BCUT2D eigenvalue weighted by molar-refractivity contribution is -0.0754. The van der Waals surface area contributed by atoms with Crippen LogP contribution in [0.25, 0.3) is 0 Å². The van der Waals surface area contributed by atoms with Crippen molar-refractivity contribution in [2.24, 2.45) is 0 Å². The minimum atomic E-state index is -0.556. The van der Waals surface area contributed by atoms with E-state index in [1.54, 1.807) is 0 Å². The zero-order valence-corrected chi connectivity index (χ0v) is 39.1. The number of rotatable bonds is 44. The predicted molar refractivity (Wildman–Crippen MR) is 259 cm³/mol. The summed E-state index contributed by atoms with van der Waals surface area (Å²) in [6.07, 6.45) is 32.8. The molecule has 0 radical (unpaired) electrons. The zero-order chi connectivity index (χ0) is 43.7. The van der Waals surface area contributed by atoms with E-state index in [4.69, 9.17) is 29.2 Å². The molecule has 0 fully saturated rings. The van der Waals surface area contributed by atoms with Crippen molar-refractivity contribution in [2.75, 3.05) is 66.3 Å². The topological polar surface area (TPSA) is 80.6 Å². The maximum atomic E-state index is 8.90. The number of aliphatic hydroxyl groups excluding tert-OH is 2. The van der Waals surface area contributed by atoms with Crippen molar-refractivity contribution < 1.29 is 29.2 Å². The SMILES string of the molecule is OCCCCCCCCCCCCCCCOCOCCN(CCOCOCCCCCCCCCCCCCCCO)C(c1ccccc1)(c1ccccc1)c1ccccc1. The lowest BCUT2D eigenvalue weighted by Gasteiger charge is -2.45. The second-order valence-electron chi connectivity index (χ2n) is 17.3. The van der Waals surface area contributed by atoms with Gasteiger partial charge in [0, 0.05) is 39.5 Å². The molecule has 0 heterocycles. The highest BCUT2D eigenvalue weighted by atomic mass is 16.7.